The fraction of sp³-hybridized carbons (Fsp3) is 0.148. The number of aryl methyl sites for hydroxylation is 1. The van der Waals surface area contributed by atoms with Crippen molar-refractivity contribution >= 4 is 17.7 Å². The molecule has 0 aromatic heterocycles. The Labute approximate surface area is 193 Å². The first-order chi connectivity index (χ1) is 16.0. The lowest BCUT2D eigenvalue weighted by Crippen LogP contribution is -2.13. The third kappa shape index (κ3) is 6.22. The van der Waals surface area contributed by atoms with E-state index in [0.717, 1.165) is 11.1 Å². The second-order valence-corrected chi connectivity index (χ2v) is 7.19. The van der Waals surface area contributed by atoms with Gasteiger partial charge in [0.25, 0.3) is 5.91 Å². The highest BCUT2D eigenvalue weighted by atomic mass is 16.5. The zero-order chi connectivity index (χ0) is 23.6. The van der Waals surface area contributed by atoms with Gasteiger partial charge in [-0.25, -0.2) is 0 Å². The molecule has 0 unspecified atom stereocenters. The smallest absolute Gasteiger partial charge is 0.266 e. The van der Waals surface area contributed by atoms with Crippen LogP contribution in [0.3, 0.4) is 0 Å². The van der Waals surface area contributed by atoms with Gasteiger partial charge in [0.1, 0.15) is 18.2 Å². The normalized spacial score (nSPS) is 10.6. The Balaban J connectivity index is 1.79. The van der Waals surface area contributed by atoms with Gasteiger partial charge in [0.2, 0.25) is 0 Å². The Hall–Kier alpha value is -4.55. The largest absolute Gasteiger partial charge is 0.490 e. The zero-order valence-electron chi connectivity index (χ0n) is 18.5. The highest BCUT2D eigenvalue weighted by molar-refractivity contribution is 6.09. The summed E-state index contributed by atoms with van der Waals surface area (Å²) in [6, 6.07) is 23.8. The summed E-state index contributed by atoms with van der Waals surface area (Å²) in [4.78, 5) is 12.5. The maximum atomic E-state index is 12.5. The first kappa shape index (κ1) is 23.1. The lowest BCUT2D eigenvalue weighted by atomic mass is 10.1. The Morgan fingerprint density at radius 1 is 1.00 bits per heavy atom. The number of benzene rings is 3. The second-order valence-electron chi connectivity index (χ2n) is 7.19. The molecule has 0 spiro atoms. The molecule has 6 nitrogen and oxygen atoms in total. The first-order valence-electron chi connectivity index (χ1n) is 10.4. The lowest BCUT2D eigenvalue weighted by Gasteiger charge is -2.13. The van der Waals surface area contributed by atoms with Gasteiger partial charge in [-0.2, -0.15) is 10.5 Å². The van der Waals surface area contributed by atoms with Gasteiger partial charge in [0, 0.05) is 11.3 Å². The molecule has 3 aromatic carbocycles. The van der Waals surface area contributed by atoms with E-state index in [1.807, 2.05) is 44.2 Å². The number of nitrogens with zero attached hydrogens (tertiary/aromatic N) is 2. The minimum Gasteiger partial charge on any atom is -0.490 e. The molecule has 0 bridgehead atoms. The molecular formula is C27H23N3O3. The monoisotopic (exact) mass is 437 g/mol. The van der Waals surface area contributed by atoms with Crippen LogP contribution in [-0.4, -0.2) is 12.5 Å². The van der Waals surface area contributed by atoms with Crippen molar-refractivity contribution in [1.82, 2.24) is 0 Å². The second kappa shape index (κ2) is 11.2. The molecule has 1 N–H and O–H groups in total. The first-order valence-corrected chi connectivity index (χ1v) is 10.4. The van der Waals surface area contributed by atoms with Crippen LogP contribution in [0, 0.1) is 29.6 Å². The van der Waals surface area contributed by atoms with Gasteiger partial charge in [-0.15, -0.1) is 0 Å². The number of anilines is 1. The molecule has 3 aromatic rings. The van der Waals surface area contributed by atoms with Crippen LogP contribution < -0.4 is 14.8 Å². The van der Waals surface area contributed by atoms with Crippen molar-refractivity contribution in [3.8, 4) is 23.6 Å². The molecule has 0 saturated heterocycles. The number of ether oxygens (including phenoxy) is 2. The molecule has 0 radical (unpaired) electrons. The number of hydrogen-bond donors (Lipinski definition) is 1. The predicted molar refractivity (Wildman–Crippen MR) is 126 cm³/mol. The number of nitrogens with one attached hydrogen (secondary N) is 1. The topological polar surface area (TPSA) is 95.1 Å². The van der Waals surface area contributed by atoms with Crippen molar-refractivity contribution in [3.63, 3.8) is 0 Å². The van der Waals surface area contributed by atoms with Crippen molar-refractivity contribution in [1.29, 1.82) is 10.5 Å². The summed E-state index contributed by atoms with van der Waals surface area (Å²) in [7, 11) is 0. The van der Waals surface area contributed by atoms with Gasteiger partial charge in [-0.05, 0) is 55.8 Å². The van der Waals surface area contributed by atoms with Crippen LogP contribution in [0.4, 0.5) is 5.69 Å². The van der Waals surface area contributed by atoms with E-state index in [9.17, 15) is 15.3 Å². The van der Waals surface area contributed by atoms with E-state index >= 15 is 0 Å². The number of hydrogen-bond acceptors (Lipinski definition) is 5. The third-order valence-corrected chi connectivity index (χ3v) is 4.77. The van der Waals surface area contributed by atoms with E-state index in [4.69, 9.17) is 9.47 Å². The molecule has 0 aliphatic carbocycles. The number of amides is 1. The average Bonchev–Trinajstić information content (AvgIpc) is 2.83. The summed E-state index contributed by atoms with van der Waals surface area (Å²) in [5.74, 6) is 0.494. The fourth-order valence-corrected chi connectivity index (χ4v) is 3.06. The van der Waals surface area contributed by atoms with Crippen LogP contribution >= 0.6 is 0 Å². The summed E-state index contributed by atoms with van der Waals surface area (Å²) in [5.41, 5.74) is 3.60. The SMILES string of the molecule is CCOc1cc(/C=C(\C#N)C(=O)Nc2ccc(C)cc2)ccc1OCc1ccccc1C#N. The standard InChI is InChI=1S/C27H23N3O3/c1-3-32-26-15-20(10-13-25(26)33-18-22-7-5-4-6-21(22)16-28)14-23(17-29)27(31)30-24-11-8-19(2)9-12-24/h4-15H,3,18H2,1-2H3,(H,30,31)/b23-14+. The molecule has 164 valence electrons. The maximum absolute atomic E-state index is 12.5. The minimum atomic E-state index is -0.493. The molecule has 0 atom stereocenters. The highest BCUT2D eigenvalue weighted by Crippen LogP contribution is 2.30. The molecule has 6 heteroatoms. The van der Waals surface area contributed by atoms with Crippen LogP contribution in [0.1, 0.15) is 29.2 Å². The van der Waals surface area contributed by atoms with Gasteiger partial charge in [0.05, 0.1) is 18.2 Å². The van der Waals surface area contributed by atoms with Gasteiger partial charge >= 0.3 is 0 Å². The Morgan fingerprint density at radius 2 is 1.76 bits per heavy atom. The number of rotatable bonds is 8. The number of nitriles is 2. The summed E-state index contributed by atoms with van der Waals surface area (Å²) >= 11 is 0. The van der Waals surface area contributed by atoms with E-state index in [1.54, 1.807) is 42.5 Å². The summed E-state index contributed by atoms with van der Waals surface area (Å²) < 4.78 is 11.6. The molecule has 0 saturated carbocycles. The van der Waals surface area contributed by atoms with E-state index < -0.39 is 5.91 Å². The molecule has 0 aliphatic heterocycles. The van der Waals surface area contributed by atoms with E-state index in [2.05, 4.69) is 11.4 Å². The third-order valence-electron chi connectivity index (χ3n) is 4.77. The molecule has 0 fully saturated rings. The van der Waals surface area contributed by atoms with Crippen molar-refractivity contribution in [2.45, 2.75) is 20.5 Å². The molecule has 0 aliphatic rings. The van der Waals surface area contributed by atoms with Gasteiger partial charge < -0.3 is 14.8 Å². The zero-order valence-corrected chi connectivity index (χ0v) is 18.5. The van der Waals surface area contributed by atoms with Crippen molar-refractivity contribution < 1.29 is 14.3 Å². The van der Waals surface area contributed by atoms with Crippen LogP contribution in [-0.2, 0) is 11.4 Å². The summed E-state index contributed by atoms with van der Waals surface area (Å²) in [6.45, 7) is 4.43. The lowest BCUT2D eigenvalue weighted by molar-refractivity contribution is -0.112. The Kier molecular flexibility index (Phi) is 7.83. The fourth-order valence-electron chi connectivity index (χ4n) is 3.06. The Morgan fingerprint density at radius 3 is 2.45 bits per heavy atom. The van der Waals surface area contributed by atoms with Crippen LogP contribution in [0.2, 0.25) is 0 Å². The van der Waals surface area contributed by atoms with Crippen molar-refractivity contribution in [2.75, 3.05) is 11.9 Å². The maximum Gasteiger partial charge on any atom is 0.266 e. The quantitative estimate of drug-likeness (QED) is 0.377. The minimum absolute atomic E-state index is 0.0327. The highest BCUT2D eigenvalue weighted by Gasteiger charge is 2.12. The molecular weight excluding hydrogens is 414 g/mol. The van der Waals surface area contributed by atoms with Gasteiger partial charge in [-0.3, -0.25) is 4.79 Å². The molecule has 1 amide bonds. The van der Waals surface area contributed by atoms with Crippen LogP contribution in [0.25, 0.3) is 6.08 Å². The van der Waals surface area contributed by atoms with Crippen LogP contribution in [0.5, 0.6) is 11.5 Å². The van der Waals surface area contributed by atoms with Gasteiger partial charge in [0.15, 0.2) is 11.5 Å². The van der Waals surface area contributed by atoms with Crippen LogP contribution in [0.15, 0.2) is 72.3 Å². The van der Waals surface area contributed by atoms with Crippen molar-refractivity contribution in [2.24, 2.45) is 0 Å². The van der Waals surface area contributed by atoms with Gasteiger partial charge in [-0.1, -0.05) is 42.0 Å². The molecule has 0 heterocycles. The van der Waals surface area contributed by atoms with E-state index in [-0.39, 0.29) is 12.2 Å². The number of carbonyl (C=O) groups is 1. The van der Waals surface area contributed by atoms with E-state index in [1.165, 1.54) is 6.08 Å². The number of carbonyl (C=O) groups excluding carboxylic acids is 1. The summed E-state index contributed by atoms with van der Waals surface area (Å²) in [5, 5.41) is 21.5. The Bertz CT molecular complexity index is 1250. The van der Waals surface area contributed by atoms with Crippen molar-refractivity contribution in [3.05, 3.63) is 94.6 Å². The average molecular weight is 437 g/mol. The molecule has 33 heavy (non-hydrogen) atoms. The summed E-state index contributed by atoms with van der Waals surface area (Å²) in [6.07, 6.45) is 1.50. The van der Waals surface area contributed by atoms with E-state index in [0.29, 0.717) is 34.9 Å². The predicted octanol–water partition coefficient (Wildman–Crippen LogP) is 5.39. The molecule has 3 rings (SSSR count).